The highest BCUT2D eigenvalue weighted by atomic mass is 33.1. The van der Waals surface area contributed by atoms with Gasteiger partial charge in [0.15, 0.2) is 0 Å². The molecule has 1 aliphatic rings. The van der Waals surface area contributed by atoms with Gasteiger partial charge in [0, 0.05) is 48.8 Å². The van der Waals surface area contributed by atoms with Crippen LogP contribution in [0.25, 0.3) is 0 Å². The summed E-state index contributed by atoms with van der Waals surface area (Å²) in [5.74, 6) is 0. The van der Waals surface area contributed by atoms with Crippen LogP contribution in [0.4, 0.5) is 0 Å². The van der Waals surface area contributed by atoms with Crippen molar-refractivity contribution in [2.24, 2.45) is 5.73 Å². The van der Waals surface area contributed by atoms with Crippen LogP contribution in [0.5, 0.6) is 0 Å². The number of nitrogens with zero attached hydrogens (tertiary/aromatic N) is 3. The summed E-state index contributed by atoms with van der Waals surface area (Å²) in [6.07, 6.45) is 0.122. The van der Waals surface area contributed by atoms with Crippen LogP contribution in [0.1, 0.15) is 34.6 Å². The largest absolute Gasteiger partial charge is 0.316 e. The van der Waals surface area contributed by atoms with Crippen LogP contribution in [0.15, 0.2) is 0 Å². The molecule has 1 fully saturated rings. The number of hydrogen-bond acceptors (Lipinski definition) is 6. The molecular weight excluding hydrogens is 312 g/mol. The standard InChI is InChI=1S/C16H36N4S2/c1-14(17)20-10-8-18(6)12-15(2,3)21-22-16(4,5)13-19(7)9-11-20/h14H,8-13,17H2,1-7H3. The van der Waals surface area contributed by atoms with Gasteiger partial charge in [-0.2, -0.15) is 0 Å². The van der Waals surface area contributed by atoms with Gasteiger partial charge in [-0.05, 0) is 48.7 Å². The fourth-order valence-corrected chi connectivity index (χ4v) is 5.52. The van der Waals surface area contributed by atoms with Crippen molar-refractivity contribution in [3.05, 3.63) is 0 Å². The third kappa shape index (κ3) is 7.88. The summed E-state index contributed by atoms with van der Waals surface area (Å²) < 4.78 is 0.505. The van der Waals surface area contributed by atoms with Gasteiger partial charge in [-0.25, -0.2) is 0 Å². The molecule has 0 aromatic heterocycles. The highest BCUT2D eigenvalue weighted by molar-refractivity contribution is 8.77. The van der Waals surface area contributed by atoms with E-state index in [1.165, 1.54) is 0 Å². The molecule has 0 aromatic carbocycles. The first-order chi connectivity index (χ1) is 10.0. The van der Waals surface area contributed by atoms with Crippen molar-refractivity contribution in [2.75, 3.05) is 53.4 Å². The van der Waals surface area contributed by atoms with Crippen LogP contribution in [-0.4, -0.2) is 83.7 Å². The lowest BCUT2D eigenvalue weighted by molar-refractivity contribution is 0.158. The first-order valence-corrected chi connectivity index (χ1v) is 10.4. The molecule has 0 aromatic rings. The molecule has 0 bridgehead atoms. The van der Waals surface area contributed by atoms with Gasteiger partial charge in [0.25, 0.3) is 0 Å². The highest BCUT2D eigenvalue weighted by Gasteiger charge is 2.29. The Hall–Kier alpha value is 0.540. The molecule has 1 atom stereocenters. The monoisotopic (exact) mass is 348 g/mol. The van der Waals surface area contributed by atoms with Crippen LogP contribution in [-0.2, 0) is 0 Å². The molecule has 6 heteroatoms. The molecule has 1 aliphatic heterocycles. The summed E-state index contributed by atoms with van der Waals surface area (Å²) in [6, 6.07) is 0. The predicted molar refractivity (Wildman–Crippen MR) is 104 cm³/mol. The average Bonchev–Trinajstić information content (AvgIpc) is 2.34. The Labute approximate surface area is 145 Å². The molecule has 0 radical (unpaired) electrons. The Morgan fingerprint density at radius 3 is 1.50 bits per heavy atom. The zero-order valence-electron chi connectivity index (χ0n) is 15.6. The number of nitrogens with two attached hydrogens (primary N) is 1. The van der Waals surface area contributed by atoms with E-state index in [9.17, 15) is 0 Å². The molecule has 0 saturated carbocycles. The quantitative estimate of drug-likeness (QED) is 0.733. The highest BCUT2D eigenvalue weighted by Crippen LogP contribution is 2.44. The normalized spacial score (nSPS) is 28.4. The summed E-state index contributed by atoms with van der Waals surface area (Å²) in [7, 11) is 8.51. The number of hydrogen-bond donors (Lipinski definition) is 1. The van der Waals surface area contributed by atoms with E-state index < -0.39 is 0 Å². The Morgan fingerprint density at radius 1 is 0.818 bits per heavy atom. The summed E-state index contributed by atoms with van der Waals surface area (Å²) in [5, 5.41) is 0. The lowest BCUT2D eigenvalue weighted by Crippen LogP contribution is -2.47. The van der Waals surface area contributed by atoms with E-state index in [1.54, 1.807) is 0 Å². The molecule has 0 aliphatic carbocycles. The maximum absolute atomic E-state index is 6.16. The maximum atomic E-state index is 6.16. The van der Waals surface area contributed by atoms with Crippen molar-refractivity contribution in [3.63, 3.8) is 0 Å². The van der Waals surface area contributed by atoms with Gasteiger partial charge < -0.3 is 15.5 Å². The number of likely N-dealkylation sites (N-methyl/N-ethyl adjacent to an activating group) is 2. The summed E-state index contributed by atoms with van der Waals surface area (Å²) >= 11 is 0. The van der Waals surface area contributed by atoms with Crippen molar-refractivity contribution < 1.29 is 0 Å². The van der Waals surface area contributed by atoms with Crippen LogP contribution < -0.4 is 5.73 Å². The van der Waals surface area contributed by atoms with E-state index in [1.807, 2.05) is 21.6 Å². The van der Waals surface area contributed by atoms with E-state index >= 15 is 0 Å². The Bertz CT molecular complexity index is 306. The van der Waals surface area contributed by atoms with Crippen LogP contribution in [0.2, 0.25) is 0 Å². The molecule has 1 unspecified atom stereocenters. The van der Waals surface area contributed by atoms with E-state index in [0.29, 0.717) is 0 Å². The summed E-state index contributed by atoms with van der Waals surface area (Å²) in [5.41, 5.74) is 6.16. The minimum absolute atomic E-state index is 0.122. The van der Waals surface area contributed by atoms with Crippen LogP contribution in [0.3, 0.4) is 0 Å². The lowest BCUT2D eigenvalue weighted by atomic mass is 10.2. The number of rotatable bonds is 1. The first-order valence-electron chi connectivity index (χ1n) is 8.24. The third-order valence-corrected chi connectivity index (χ3v) is 8.11. The molecule has 0 spiro atoms. The second kappa shape index (κ2) is 8.58. The molecule has 22 heavy (non-hydrogen) atoms. The predicted octanol–water partition coefficient (Wildman–Crippen LogP) is 2.41. The van der Waals surface area contributed by atoms with E-state index in [-0.39, 0.29) is 15.7 Å². The SMILES string of the molecule is CC(N)N1CCN(C)CC(C)(C)SSC(C)(C)CN(C)CC1. The summed E-state index contributed by atoms with van der Waals surface area (Å²) in [6.45, 7) is 17.9. The van der Waals surface area contributed by atoms with Gasteiger partial charge in [-0.15, -0.1) is 0 Å². The topological polar surface area (TPSA) is 35.7 Å². The zero-order chi connectivity index (χ0) is 17.0. The molecule has 1 rings (SSSR count). The van der Waals surface area contributed by atoms with Gasteiger partial charge >= 0.3 is 0 Å². The van der Waals surface area contributed by atoms with Gasteiger partial charge in [0.1, 0.15) is 0 Å². The van der Waals surface area contributed by atoms with Crippen molar-refractivity contribution in [1.29, 1.82) is 0 Å². The van der Waals surface area contributed by atoms with Crippen LogP contribution >= 0.6 is 21.6 Å². The zero-order valence-corrected chi connectivity index (χ0v) is 17.2. The molecule has 4 nitrogen and oxygen atoms in total. The molecular formula is C16H36N4S2. The fourth-order valence-electron chi connectivity index (χ4n) is 2.85. The second-order valence-electron chi connectivity index (χ2n) is 7.94. The first kappa shape index (κ1) is 20.6. The van der Waals surface area contributed by atoms with Gasteiger partial charge in [-0.1, -0.05) is 21.6 Å². The second-order valence-corrected chi connectivity index (χ2v) is 11.5. The molecule has 2 N–H and O–H groups in total. The van der Waals surface area contributed by atoms with E-state index in [0.717, 1.165) is 39.3 Å². The van der Waals surface area contributed by atoms with Gasteiger partial charge in [-0.3, -0.25) is 4.90 Å². The molecule has 0 amide bonds. The maximum Gasteiger partial charge on any atom is 0.0543 e. The third-order valence-electron chi connectivity index (χ3n) is 3.91. The average molecular weight is 349 g/mol. The van der Waals surface area contributed by atoms with E-state index in [2.05, 4.69) is 63.4 Å². The van der Waals surface area contributed by atoms with Crippen molar-refractivity contribution in [3.8, 4) is 0 Å². The van der Waals surface area contributed by atoms with Gasteiger partial charge in [0.05, 0.1) is 6.17 Å². The Kier molecular flexibility index (Phi) is 8.03. The minimum atomic E-state index is 0.122. The van der Waals surface area contributed by atoms with Gasteiger partial charge in [0.2, 0.25) is 0 Å². The Balaban J connectivity index is 2.81. The summed E-state index contributed by atoms with van der Waals surface area (Å²) in [4.78, 5) is 7.28. The van der Waals surface area contributed by atoms with Crippen LogP contribution in [0, 0.1) is 0 Å². The van der Waals surface area contributed by atoms with Crippen molar-refractivity contribution >= 4 is 21.6 Å². The molecule has 1 heterocycles. The minimum Gasteiger partial charge on any atom is -0.316 e. The smallest absolute Gasteiger partial charge is 0.0543 e. The van der Waals surface area contributed by atoms with Crippen molar-refractivity contribution in [2.45, 2.75) is 50.3 Å². The molecule has 1 saturated heterocycles. The van der Waals surface area contributed by atoms with E-state index in [4.69, 9.17) is 5.73 Å². The Morgan fingerprint density at radius 2 is 1.18 bits per heavy atom. The molecule has 132 valence electrons. The van der Waals surface area contributed by atoms with Crippen molar-refractivity contribution in [1.82, 2.24) is 14.7 Å². The fraction of sp³-hybridized carbons (Fsp3) is 1.00. The lowest BCUT2D eigenvalue weighted by Gasteiger charge is -2.34.